The second kappa shape index (κ2) is 4.81. The van der Waals surface area contributed by atoms with E-state index in [4.69, 9.17) is 9.84 Å². The number of carboxylic acids is 1. The van der Waals surface area contributed by atoms with Crippen molar-refractivity contribution in [2.45, 2.75) is 6.92 Å². The van der Waals surface area contributed by atoms with Gasteiger partial charge in [-0.1, -0.05) is 22.0 Å². The van der Waals surface area contributed by atoms with Crippen molar-refractivity contribution < 1.29 is 14.6 Å². The fourth-order valence-electron chi connectivity index (χ4n) is 0.884. The minimum Gasteiger partial charge on any atom is -0.475 e. The van der Waals surface area contributed by atoms with Crippen molar-refractivity contribution in [2.24, 2.45) is 0 Å². The van der Waals surface area contributed by atoms with Gasteiger partial charge in [0, 0.05) is 4.47 Å². The van der Waals surface area contributed by atoms with Gasteiger partial charge in [-0.05, 0) is 31.2 Å². The van der Waals surface area contributed by atoms with Crippen LogP contribution in [0.4, 0.5) is 0 Å². The second-order valence-corrected chi connectivity index (χ2v) is 3.43. The van der Waals surface area contributed by atoms with Gasteiger partial charge in [-0.15, -0.1) is 0 Å². The number of ether oxygens (including phenoxy) is 1. The molecule has 1 aromatic carbocycles. The molecule has 0 aromatic heterocycles. The normalized spacial score (nSPS) is 11.1. The molecule has 0 aliphatic heterocycles. The Morgan fingerprint density at radius 1 is 1.57 bits per heavy atom. The fourth-order valence-corrected chi connectivity index (χ4v) is 1.26. The number of benzene rings is 1. The maximum Gasteiger partial charge on any atom is 0.371 e. The number of aliphatic carboxylic acids is 1. The molecule has 0 atom stereocenters. The topological polar surface area (TPSA) is 46.5 Å². The van der Waals surface area contributed by atoms with Crippen LogP contribution in [-0.2, 0) is 4.79 Å². The minimum atomic E-state index is -1.08. The molecule has 0 heterocycles. The summed E-state index contributed by atoms with van der Waals surface area (Å²) in [5.41, 5.74) is 0. The number of carbonyl (C=O) groups is 1. The molecule has 0 saturated heterocycles. The number of halogens is 1. The quantitative estimate of drug-likeness (QED) is 0.669. The minimum absolute atomic E-state index is 0.0805. The molecule has 4 heteroatoms. The van der Waals surface area contributed by atoms with E-state index in [9.17, 15) is 4.79 Å². The van der Waals surface area contributed by atoms with E-state index in [1.165, 1.54) is 6.08 Å². The van der Waals surface area contributed by atoms with E-state index in [1.54, 1.807) is 25.1 Å². The number of rotatable bonds is 3. The molecule has 0 aliphatic rings. The molecule has 0 spiro atoms. The van der Waals surface area contributed by atoms with Crippen LogP contribution < -0.4 is 4.74 Å². The number of hydrogen-bond acceptors (Lipinski definition) is 2. The second-order valence-electron chi connectivity index (χ2n) is 2.52. The van der Waals surface area contributed by atoms with Crippen molar-refractivity contribution in [1.29, 1.82) is 0 Å². The predicted molar refractivity (Wildman–Crippen MR) is 56.2 cm³/mol. The summed E-state index contributed by atoms with van der Waals surface area (Å²) < 4.78 is 5.98. The van der Waals surface area contributed by atoms with Crippen LogP contribution in [0.1, 0.15) is 6.92 Å². The van der Waals surface area contributed by atoms with E-state index in [0.29, 0.717) is 5.75 Å². The van der Waals surface area contributed by atoms with Crippen LogP contribution in [0.5, 0.6) is 5.75 Å². The summed E-state index contributed by atoms with van der Waals surface area (Å²) in [4.78, 5) is 10.6. The Morgan fingerprint density at radius 2 is 2.29 bits per heavy atom. The van der Waals surface area contributed by atoms with E-state index >= 15 is 0 Å². The molecule has 0 aliphatic carbocycles. The number of allylic oxidation sites excluding steroid dienone is 1. The van der Waals surface area contributed by atoms with Gasteiger partial charge in [0.2, 0.25) is 5.76 Å². The summed E-state index contributed by atoms with van der Waals surface area (Å²) in [6.45, 7) is 1.61. The number of hydrogen-bond donors (Lipinski definition) is 1. The Bertz CT molecular complexity index is 371. The zero-order valence-electron chi connectivity index (χ0n) is 7.53. The first-order chi connectivity index (χ1) is 6.63. The van der Waals surface area contributed by atoms with Gasteiger partial charge in [0.25, 0.3) is 0 Å². The van der Waals surface area contributed by atoms with Crippen molar-refractivity contribution >= 4 is 21.9 Å². The van der Waals surface area contributed by atoms with Crippen LogP contribution in [0, 0.1) is 0 Å². The van der Waals surface area contributed by atoms with Crippen LogP contribution in [0.3, 0.4) is 0 Å². The molecule has 0 fully saturated rings. The zero-order valence-corrected chi connectivity index (χ0v) is 9.11. The molecule has 1 rings (SSSR count). The lowest BCUT2D eigenvalue weighted by Crippen LogP contribution is -2.07. The van der Waals surface area contributed by atoms with Crippen molar-refractivity contribution in [3.05, 3.63) is 40.6 Å². The lowest BCUT2D eigenvalue weighted by atomic mass is 10.3. The molecule has 74 valence electrons. The van der Waals surface area contributed by atoms with Gasteiger partial charge in [0.1, 0.15) is 5.75 Å². The maximum absolute atomic E-state index is 10.6. The van der Waals surface area contributed by atoms with Gasteiger partial charge in [-0.3, -0.25) is 0 Å². The summed E-state index contributed by atoms with van der Waals surface area (Å²) in [6, 6.07) is 7.00. The molecule has 0 unspecified atom stereocenters. The lowest BCUT2D eigenvalue weighted by molar-refractivity contribution is -0.135. The summed E-state index contributed by atoms with van der Waals surface area (Å²) in [5.74, 6) is -0.662. The average molecular weight is 257 g/mol. The van der Waals surface area contributed by atoms with E-state index < -0.39 is 5.97 Å². The van der Waals surface area contributed by atoms with Crippen LogP contribution in [0.2, 0.25) is 0 Å². The third-order valence-corrected chi connectivity index (χ3v) is 1.99. The molecular formula is C10H9BrO3. The largest absolute Gasteiger partial charge is 0.475 e. The molecule has 0 saturated carbocycles. The predicted octanol–water partition coefficient (Wildman–Crippen LogP) is 2.82. The Hall–Kier alpha value is -1.29. The molecule has 14 heavy (non-hydrogen) atoms. The first-order valence-corrected chi connectivity index (χ1v) is 4.76. The zero-order chi connectivity index (χ0) is 10.6. The summed E-state index contributed by atoms with van der Waals surface area (Å²) in [5, 5.41) is 8.70. The maximum atomic E-state index is 10.6. The Labute approximate surface area is 90.1 Å². The molecular weight excluding hydrogens is 248 g/mol. The molecule has 0 bridgehead atoms. The van der Waals surface area contributed by atoms with E-state index in [-0.39, 0.29) is 5.76 Å². The van der Waals surface area contributed by atoms with E-state index in [1.807, 2.05) is 6.07 Å². The van der Waals surface area contributed by atoms with Gasteiger partial charge >= 0.3 is 5.97 Å². The first kappa shape index (κ1) is 10.8. The van der Waals surface area contributed by atoms with Crippen molar-refractivity contribution in [3.8, 4) is 5.75 Å². The summed E-state index contributed by atoms with van der Waals surface area (Å²) >= 11 is 3.26. The molecule has 0 radical (unpaired) electrons. The third-order valence-electron chi connectivity index (χ3n) is 1.50. The molecule has 3 nitrogen and oxygen atoms in total. The molecule has 1 N–H and O–H groups in total. The van der Waals surface area contributed by atoms with Crippen LogP contribution in [0.25, 0.3) is 0 Å². The number of carboxylic acid groups (broad SMARTS) is 1. The monoisotopic (exact) mass is 256 g/mol. The smallest absolute Gasteiger partial charge is 0.371 e. The Balaban J connectivity index is 2.83. The van der Waals surface area contributed by atoms with E-state index in [2.05, 4.69) is 15.9 Å². The molecule has 0 amide bonds. The van der Waals surface area contributed by atoms with Crippen LogP contribution >= 0.6 is 15.9 Å². The van der Waals surface area contributed by atoms with Crippen LogP contribution in [0.15, 0.2) is 40.6 Å². The van der Waals surface area contributed by atoms with E-state index in [0.717, 1.165) is 4.47 Å². The molecule has 1 aromatic rings. The Kier molecular flexibility index (Phi) is 3.71. The fraction of sp³-hybridized carbons (Fsp3) is 0.100. The van der Waals surface area contributed by atoms with Gasteiger partial charge in [0.15, 0.2) is 0 Å². The highest BCUT2D eigenvalue weighted by Crippen LogP contribution is 2.19. The highest BCUT2D eigenvalue weighted by Gasteiger charge is 2.08. The summed E-state index contributed by atoms with van der Waals surface area (Å²) in [7, 11) is 0. The van der Waals surface area contributed by atoms with Crippen molar-refractivity contribution in [3.63, 3.8) is 0 Å². The average Bonchev–Trinajstić information content (AvgIpc) is 2.14. The SMILES string of the molecule is C/C=C(\Oc1cccc(Br)c1)C(=O)O. The van der Waals surface area contributed by atoms with Gasteiger partial charge in [0.05, 0.1) is 0 Å². The van der Waals surface area contributed by atoms with Crippen molar-refractivity contribution in [1.82, 2.24) is 0 Å². The highest BCUT2D eigenvalue weighted by atomic mass is 79.9. The summed E-state index contributed by atoms with van der Waals surface area (Å²) in [6.07, 6.45) is 1.41. The van der Waals surface area contributed by atoms with Crippen molar-refractivity contribution in [2.75, 3.05) is 0 Å². The highest BCUT2D eigenvalue weighted by molar-refractivity contribution is 9.10. The van der Waals surface area contributed by atoms with Gasteiger partial charge < -0.3 is 9.84 Å². The standard InChI is InChI=1S/C10H9BrO3/c1-2-9(10(12)13)14-8-5-3-4-7(11)6-8/h2-6H,1H3,(H,12,13)/b9-2-. The lowest BCUT2D eigenvalue weighted by Gasteiger charge is -2.05. The van der Waals surface area contributed by atoms with Gasteiger partial charge in [-0.25, -0.2) is 4.79 Å². The first-order valence-electron chi connectivity index (χ1n) is 3.96. The third kappa shape index (κ3) is 2.88. The van der Waals surface area contributed by atoms with Crippen LogP contribution in [-0.4, -0.2) is 11.1 Å². The Morgan fingerprint density at radius 3 is 2.79 bits per heavy atom. The van der Waals surface area contributed by atoms with Gasteiger partial charge in [-0.2, -0.15) is 0 Å².